The first kappa shape index (κ1) is 17.7. The highest BCUT2D eigenvalue weighted by atomic mass is 16.5. The number of hydrogen-bond donors (Lipinski definition) is 1. The van der Waals surface area contributed by atoms with Gasteiger partial charge in [-0.05, 0) is 37.1 Å². The molecule has 0 saturated carbocycles. The van der Waals surface area contributed by atoms with Crippen LogP contribution in [0.4, 0.5) is 11.4 Å². The molecule has 1 heterocycles. The molecule has 0 radical (unpaired) electrons. The summed E-state index contributed by atoms with van der Waals surface area (Å²) in [6.07, 6.45) is 2.51. The van der Waals surface area contributed by atoms with Crippen molar-refractivity contribution in [3.8, 4) is 5.75 Å². The van der Waals surface area contributed by atoms with E-state index in [1.54, 1.807) is 14.0 Å². The maximum absolute atomic E-state index is 12.4. The summed E-state index contributed by atoms with van der Waals surface area (Å²) in [7, 11) is 1.60. The molecule has 5 heteroatoms. The Labute approximate surface area is 153 Å². The SMILES string of the molecule is CCOC(=O)c1cnc2c(OC)cccc2c1Nc1ccc(CC)cc1. The number of benzene rings is 2. The van der Waals surface area contributed by atoms with Crippen LogP contribution < -0.4 is 10.1 Å². The van der Waals surface area contributed by atoms with Gasteiger partial charge in [0.25, 0.3) is 0 Å². The molecule has 0 saturated heterocycles. The van der Waals surface area contributed by atoms with Crippen molar-refractivity contribution in [2.45, 2.75) is 20.3 Å². The minimum absolute atomic E-state index is 0.305. The van der Waals surface area contributed by atoms with E-state index in [0.717, 1.165) is 17.5 Å². The molecule has 0 atom stereocenters. The lowest BCUT2D eigenvalue weighted by Gasteiger charge is -2.15. The van der Waals surface area contributed by atoms with Crippen LogP contribution in [0.1, 0.15) is 29.8 Å². The predicted octanol–water partition coefficient (Wildman–Crippen LogP) is 4.73. The van der Waals surface area contributed by atoms with Gasteiger partial charge >= 0.3 is 5.97 Å². The number of nitrogens with one attached hydrogen (secondary N) is 1. The molecule has 1 aromatic heterocycles. The van der Waals surface area contributed by atoms with Gasteiger partial charge in [0.05, 0.1) is 19.4 Å². The van der Waals surface area contributed by atoms with Crippen molar-refractivity contribution in [1.82, 2.24) is 4.98 Å². The van der Waals surface area contributed by atoms with Crippen molar-refractivity contribution >= 4 is 28.2 Å². The Bertz CT molecular complexity index is 920. The second-order valence-corrected chi connectivity index (χ2v) is 5.80. The van der Waals surface area contributed by atoms with Gasteiger partial charge in [-0.2, -0.15) is 0 Å². The van der Waals surface area contributed by atoms with Crippen molar-refractivity contribution < 1.29 is 14.3 Å². The van der Waals surface area contributed by atoms with E-state index < -0.39 is 5.97 Å². The van der Waals surface area contributed by atoms with Crippen molar-refractivity contribution in [2.24, 2.45) is 0 Å². The number of rotatable bonds is 6. The van der Waals surface area contributed by atoms with Crippen LogP contribution in [0.25, 0.3) is 10.9 Å². The van der Waals surface area contributed by atoms with E-state index in [2.05, 4.69) is 29.4 Å². The van der Waals surface area contributed by atoms with Crippen molar-refractivity contribution in [1.29, 1.82) is 0 Å². The highest BCUT2D eigenvalue weighted by molar-refractivity contribution is 6.07. The zero-order chi connectivity index (χ0) is 18.5. The largest absolute Gasteiger partial charge is 0.494 e. The van der Waals surface area contributed by atoms with Gasteiger partial charge in [-0.25, -0.2) is 4.79 Å². The normalized spacial score (nSPS) is 10.6. The molecule has 2 aromatic carbocycles. The van der Waals surface area contributed by atoms with Crippen molar-refractivity contribution in [3.63, 3.8) is 0 Å². The number of para-hydroxylation sites is 1. The average molecular weight is 350 g/mol. The fourth-order valence-electron chi connectivity index (χ4n) is 2.83. The number of fused-ring (bicyclic) bond motifs is 1. The Morgan fingerprint density at radius 3 is 2.54 bits per heavy atom. The number of hydrogen-bond acceptors (Lipinski definition) is 5. The van der Waals surface area contributed by atoms with Gasteiger partial charge in [0.1, 0.15) is 16.8 Å². The van der Waals surface area contributed by atoms with E-state index in [0.29, 0.717) is 29.1 Å². The van der Waals surface area contributed by atoms with Crippen LogP contribution in [0.2, 0.25) is 0 Å². The summed E-state index contributed by atoms with van der Waals surface area (Å²) in [5, 5.41) is 4.16. The first-order chi connectivity index (χ1) is 12.7. The standard InChI is InChI=1S/C21H22N2O3/c1-4-14-9-11-15(12-10-14)23-19-16-7-6-8-18(25-3)20(16)22-13-17(19)21(24)26-5-2/h6-13H,4-5H2,1-3H3,(H,22,23). The molecule has 5 nitrogen and oxygen atoms in total. The van der Waals surface area contributed by atoms with Crippen LogP contribution in [0, 0.1) is 0 Å². The molecule has 3 rings (SSSR count). The lowest BCUT2D eigenvalue weighted by atomic mass is 10.1. The third-order valence-electron chi connectivity index (χ3n) is 4.21. The van der Waals surface area contributed by atoms with E-state index in [-0.39, 0.29) is 0 Å². The maximum atomic E-state index is 12.4. The number of carbonyl (C=O) groups is 1. The van der Waals surface area contributed by atoms with Gasteiger partial charge in [-0.15, -0.1) is 0 Å². The van der Waals surface area contributed by atoms with Gasteiger partial charge in [0.2, 0.25) is 0 Å². The van der Waals surface area contributed by atoms with Crippen molar-refractivity contribution in [3.05, 3.63) is 59.8 Å². The first-order valence-electron chi connectivity index (χ1n) is 8.66. The second kappa shape index (κ2) is 7.87. The molecular formula is C21H22N2O3. The zero-order valence-electron chi connectivity index (χ0n) is 15.2. The molecule has 1 N–H and O–H groups in total. The lowest BCUT2D eigenvalue weighted by molar-refractivity contribution is 0.0527. The van der Waals surface area contributed by atoms with Gasteiger partial charge < -0.3 is 14.8 Å². The number of pyridine rings is 1. The maximum Gasteiger partial charge on any atom is 0.341 e. The molecule has 0 spiro atoms. The molecule has 0 bridgehead atoms. The summed E-state index contributed by atoms with van der Waals surface area (Å²) in [6, 6.07) is 13.8. The van der Waals surface area contributed by atoms with Crippen LogP contribution in [0.3, 0.4) is 0 Å². The van der Waals surface area contributed by atoms with Gasteiger partial charge in [0.15, 0.2) is 0 Å². The molecule has 3 aromatic rings. The summed E-state index contributed by atoms with van der Waals surface area (Å²) in [5.74, 6) is 0.250. The zero-order valence-corrected chi connectivity index (χ0v) is 15.2. The summed E-state index contributed by atoms with van der Waals surface area (Å²) < 4.78 is 10.6. The summed E-state index contributed by atoms with van der Waals surface area (Å²) in [4.78, 5) is 16.8. The molecule has 26 heavy (non-hydrogen) atoms. The van der Waals surface area contributed by atoms with Crippen LogP contribution in [-0.2, 0) is 11.2 Å². The monoisotopic (exact) mass is 350 g/mol. The highest BCUT2D eigenvalue weighted by Crippen LogP contribution is 2.33. The Morgan fingerprint density at radius 2 is 1.88 bits per heavy atom. The quantitative estimate of drug-likeness (QED) is 0.652. The Balaban J connectivity index is 2.14. The van der Waals surface area contributed by atoms with E-state index in [1.165, 1.54) is 11.8 Å². The van der Waals surface area contributed by atoms with Crippen LogP contribution in [0.15, 0.2) is 48.7 Å². The van der Waals surface area contributed by atoms with Gasteiger partial charge in [-0.3, -0.25) is 4.98 Å². The summed E-state index contributed by atoms with van der Waals surface area (Å²) in [6.45, 7) is 4.20. The minimum atomic E-state index is -0.405. The Morgan fingerprint density at radius 1 is 1.12 bits per heavy atom. The molecule has 0 aliphatic rings. The molecule has 0 amide bonds. The fourth-order valence-corrected chi connectivity index (χ4v) is 2.83. The topological polar surface area (TPSA) is 60.5 Å². The number of nitrogens with zero attached hydrogens (tertiary/aromatic N) is 1. The fraction of sp³-hybridized carbons (Fsp3) is 0.238. The van der Waals surface area contributed by atoms with Crippen LogP contribution in [-0.4, -0.2) is 24.7 Å². The van der Waals surface area contributed by atoms with Gasteiger partial charge in [0, 0.05) is 17.3 Å². The number of anilines is 2. The Kier molecular flexibility index (Phi) is 5.37. The van der Waals surface area contributed by atoms with Gasteiger partial charge in [-0.1, -0.05) is 31.2 Å². The predicted molar refractivity (Wildman–Crippen MR) is 103 cm³/mol. The lowest BCUT2D eigenvalue weighted by Crippen LogP contribution is -2.09. The molecule has 0 unspecified atom stereocenters. The molecule has 0 aliphatic heterocycles. The summed E-state index contributed by atoms with van der Waals surface area (Å²) >= 11 is 0. The van der Waals surface area contributed by atoms with E-state index in [4.69, 9.17) is 9.47 Å². The molecule has 0 fully saturated rings. The third-order valence-corrected chi connectivity index (χ3v) is 4.21. The third kappa shape index (κ3) is 3.47. The number of esters is 1. The van der Waals surface area contributed by atoms with E-state index in [9.17, 15) is 4.79 Å². The van der Waals surface area contributed by atoms with E-state index >= 15 is 0 Å². The average Bonchev–Trinajstić information content (AvgIpc) is 2.68. The minimum Gasteiger partial charge on any atom is -0.494 e. The molecular weight excluding hydrogens is 328 g/mol. The highest BCUT2D eigenvalue weighted by Gasteiger charge is 2.18. The number of aromatic nitrogens is 1. The van der Waals surface area contributed by atoms with Crippen LogP contribution in [0.5, 0.6) is 5.75 Å². The number of carbonyl (C=O) groups excluding carboxylic acids is 1. The number of methoxy groups -OCH3 is 1. The van der Waals surface area contributed by atoms with Crippen molar-refractivity contribution in [2.75, 3.05) is 19.0 Å². The summed E-state index contributed by atoms with van der Waals surface area (Å²) in [5.41, 5.74) is 3.89. The number of ether oxygens (including phenoxy) is 2. The first-order valence-corrected chi connectivity index (χ1v) is 8.66. The number of aryl methyl sites for hydroxylation is 1. The van der Waals surface area contributed by atoms with E-state index in [1.807, 2.05) is 30.3 Å². The molecule has 0 aliphatic carbocycles. The second-order valence-electron chi connectivity index (χ2n) is 5.80. The smallest absolute Gasteiger partial charge is 0.341 e. The Hall–Kier alpha value is -3.08. The van der Waals surface area contributed by atoms with Crippen LogP contribution >= 0.6 is 0 Å². The molecule has 134 valence electrons.